The van der Waals surface area contributed by atoms with Crippen molar-refractivity contribution in [3.05, 3.63) is 29.8 Å². The number of benzene rings is 1. The van der Waals surface area contributed by atoms with E-state index in [1.165, 1.54) is 5.56 Å². The molecule has 0 unspecified atom stereocenters. The molecule has 0 saturated carbocycles. The summed E-state index contributed by atoms with van der Waals surface area (Å²) in [6.07, 6.45) is 2.24. The largest absolute Gasteiger partial charge is 0.325 e. The number of carbonyl (C=O) groups is 1. The summed E-state index contributed by atoms with van der Waals surface area (Å²) in [6.45, 7) is 2.57. The third kappa shape index (κ3) is 3.20. The molecule has 0 aliphatic carbocycles. The number of carbonyl (C=O) groups excluding carboxylic acids is 1. The molecule has 0 spiro atoms. The van der Waals surface area contributed by atoms with Crippen molar-refractivity contribution in [1.82, 2.24) is 10.2 Å². The second kappa shape index (κ2) is 5.68. The third-order valence-electron chi connectivity index (χ3n) is 2.95. The Morgan fingerprint density at radius 1 is 1.35 bits per heavy atom. The van der Waals surface area contributed by atoms with Crippen LogP contribution in [0.2, 0.25) is 0 Å². The number of nitrogens with zero attached hydrogens (tertiary/aromatic N) is 1. The highest BCUT2D eigenvalue weighted by Crippen LogP contribution is 2.13. The number of hydrogen-bond acceptors (Lipinski definition) is 2. The summed E-state index contributed by atoms with van der Waals surface area (Å²) in [6, 6.07) is 7.95. The van der Waals surface area contributed by atoms with Crippen molar-refractivity contribution in [2.45, 2.75) is 19.4 Å². The maximum Gasteiger partial charge on any atom is 0.321 e. The fraction of sp³-hybridized carbons (Fsp3) is 0.462. The van der Waals surface area contributed by atoms with Crippen LogP contribution >= 0.6 is 0 Å². The van der Waals surface area contributed by atoms with E-state index in [4.69, 9.17) is 0 Å². The van der Waals surface area contributed by atoms with Crippen LogP contribution in [-0.4, -0.2) is 31.1 Å². The van der Waals surface area contributed by atoms with Crippen LogP contribution in [0.5, 0.6) is 0 Å². The van der Waals surface area contributed by atoms with Crippen molar-refractivity contribution in [1.29, 1.82) is 0 Å². The highest BCUT2D eigenvalue weighted by Gasteiger charge is 2.17. The van der Waals surface area contributed by atoms with Crippen LogP contribution in [0.1, 0.15) is 18.4 Å². The Morgan fingerprint density at radius 2 is 2.12 bits per heavy atom. The van der Waals surface area contributed by atoms with Crippen LogP contribution in [0.25, 0.3) is 0 Å². The normalized spacial score (nSPS) is 15.0. The van der Waals surface area contributed by atoms with E-state index in [9.17, 15) is 4.79 Å². The highest BCUT2D eigenvalue weighted by atomic mass is 16.2. The first-order chi connectivity index (χ1) is 8.29. The second-order valence-corrected chi connectivity index (χ2v) is 4.36. The van der Waals surface area contributed by atoms with E-state index in [0.29, 0.717) is 0 Å². The molecular formula is C13H19N3O. The number of anilines is 1. The van der Waals surface area contributed by atoms with Gasteiger partial charge in [0.1, 0.15) is 0 Å². The Labute approximate surface area is 102 Å². The van der Waals surface area contributed by atoms with E-state index >= 15 is 0 Å². The third-order valence-corrected chi connectivity index (χ3v) is 2.95. The van der Waals surface area contributed by atoms with Gasteiger partial charge in [-0.2, -0.15) is 0 Å². The van der Waals surface area contributed by atoms with Crippen LogP contribution in [0.4, 0.5) is 10.5 Å². The van der Waals surface area contributed by atoms with Crippen LogP contribution in [0, 0.1) is 0 Å². The lowest BCUT2D eigenvalue weighted by Gasteiger charge is -2.16. The van der Waals surface area contributed by atoms with E-state index < -0.39 is 0 Å². The Morgan fingerprint density at radius 3 is 2.82 bits per heavy atom. The van der Waals surface area contributed by atoms with Crippen LogP contribution < -0.4 is 10.6 Å². The van der Waals surface area contributed by atoms with Gasteiger partial charge in [0.15, 0.2) is 0 Å². The topological polar surface area (TPSA) is 44.4 Å². The van der Waals surface area contributed by atoms with E-state index in [1.807, 2.05) is 36.2 Å². The zero-order valence-corrected chi connectivity index (χ0v) is 10.2. The Balaban J connectivity index is 1.97. The number of likely N-dealkylation sites (tertiary alicyclic amines) is 1. The molecule has 0 bridgehead atoms. The van der Waals surface area contributed by atoms with Gasteiger partial charge in [0, 0.05) is 25.3 Å². The molecule has 4 heteroatoms. The van der Waals surface area contributed by atoms with Crippen molar-refractivity contribution in [2.24, 2.45) is 0 Å². The summed E-state index contributed by atoms with van der Waals surface area (Å²) in [7, 11) is 1.91. The van der Waals surface area contributed by atoms with Crippen molar-refractivity contribution in [3.63, 3.8) is 0 Å². The molecule has 0 aromatic heterocycles. The Kier molecular flexibility index (Phi) is 3.98. The average molecular weight is 233 g/mol. The highest BCUT2D eigenvalue weighted by molar-refractivity contribution is 5.89. The molecule has 92 valence electrons. The first kappa shape index (κ1) is 11.9. The first-order valence-corrected chi connectivity index (χ1v) is 6.09. The molecule has 1 aliphatic rings. The summed E-state index contributed by atoms with van der Waals surface area (Å²) in [5.74, 6) is 0. The van der Waals surface area contributed by atoms with E-state index in [-0.39, 0.29) is 6.03 Å². The number of amides is 2. The van der Waals surface area contributed by atoms with Crippen molar-refractivity contribution < 1.29 is 4.79 Å². The lowest BCUT2D eigenvalue weighted by Crippen LogP contribution is -2.32. The molecule has 1 aromatic rings. The predicted molar refractivity (Wildman–Crippen MR) is 69.0 cm³/mol. The Bertz CT molecular complexity index is 386. The molecule has 0 atom stereocenters. The molecular weight excluding hydrogens is 214 g/mol. The molecule has 2 rings (SSSR count). The van der Waals surface area contributed by atoms with Gasteiger partial charge >= 0.3 is 6.03 Å². The van der Waals surface area contributed by atoms with E-state index in [0.717, 1.165) is 38.2 Å². The quantitative estimate of drug-likeness (QED) is 0.839. The molecule has 2 amide bonds. The number of rotatable bonds is 3. The fourth-order valence-corrected chi connectivity index (χ4v) is 2.09. The summed E-state index contributed by atoms with van der Waals surface area (Å²) >= 11 is 0. The number of nitrogens with one attached hydrogen (secondary N) is 2. The van der Waals surface area contributed by atoms with Gasteiger partial charge in [0.2, 0.25) is 0 Å². The smallest absolute Gasteiger partial charge is 0.321 e. The monoisotopic (exact) mass is 233 g/mol. The van der Waals surface area contributed by atoms with Gasteiger partial charge < -0.3 is 15.5 Å². The van der Waals surface area contributed by atoms with Crippen molar-refractivity contribution in [3.8, 4) is 0 Å². The molecule has 0 radical (unpaired) electrons. The molecule has 2 N–H and O–H groups in total. The number of hydrogen-bond donors (Lipinski definition) is 2. The molecule has 1 saturated heterocycles. The second-order valence-electron chi connectivity index (χ2n) is 4.36. The van der Waals surface area contributed by atoms with Crippen molar-refractivity contribution in [2.75, 3.05) is 25.5 Å². The van der Waals surface area contributed by atoms with Crippen LogP contribution in [0.15, 0.2) is 24.3 Å². The Hall–Kier alpha value is -1.55. The minimum atomic E-state index is 0.0177. The average Bonchev–Trinajstić information content (AvgIpc) is 2.83. The maximum absolute atomic E-state index is 11.9. The summed E-state index contributed by atoms with van der Waals surface area (Å²) in [5.41, 5.74) is 2.04. The zero-order valence-electron chi connectivity index (χ0n) is 10.2. The minimum Gasteiger partial charge on any atom is -0.325 e. The zero-order chi connectivity index (χ0) is 12.1. The SMILES string of the molecule is CNCc1cccc(NC(=O)N2CCCC2)c1. The molecule has 4 nitrogen and oxygen atoms in total. The summed E-state index contributed by atoms with van der Waals surface area (Å²) in [5, 5.41) is 6.04. The van der Waals surface area contributed by atoms with Crippen molar-refractivity contribution >= 4 is 11.7 Å². The minimum absolute atomic E-state index is 0.0177. The van der Waals surface area contributed by atoms with Gasteiger partial charge in [-0.1, -0.05) is 12.1 Å². The van der Waals surface area contributed by atoms with Crippen LogP contribution in [-0.2, 0) is 6.54 Å². The van der Waals surface area contributed by atoms with Gasteiger partial charge in [0.05, 0.1) is 0 Å². The molecule has 1 fully saturated rings. The molecule has 17 heavy (non-hydrogen) atoms. The standard InChI is InChI=1S/C13H19N3O/c1-14-10-11-5-4-6-12(9-11)15-13(17)16-7-2-3-8-16/h4-6,9,14H,2-3,7-8,10H2,1H3,(H,15,17). The van der Waals surface area contributed by atoms with Crippen LogP contribution in [0.3, 0.4) is 0 Å². The fourth-order valence-electron chi connectivity index (χ4n) is 2.09. The van der Waals surface area contributed by atoms with Gasteiger partial charge in [0.25, 0.3) is 0 Å². The molecule has 1 aliphatic heterocycles. The van der Waals surface area contributed by atoms with E-state index in [2.05, 4.69) is 10.6 Å². The lowest BCUT2D eigenvalue weighted by molar-refractivity contribution is 0.222. The summed E-state index contributed by atoms with van der Waals surface area (Å²) < 4.78 is 0. The number of urea groups is 1. The lowest BCUT2D eigenvalue weighted by atomic mass is 10.2. The van der Waals surface area contributed by atoms with Gasteiger partial charge in [-0.25, -0.2) is 4.79 Å². The van der Waals surface area contributed by atoms with Gasteiger partial charge in [-0.3, -0.25) is 0 Å². The van der Waals surface area contributed by atoms with Gasteiger partial charge in [-0.15, -0.1) is 0 Å². The summed E-state index contributed by atoms with van der Waals surface area (Å²) in [4.78, 5) is 13.7. The predicted octanol–water partition coefficient (Wildman–Crippen LogP) is 2.03. The molecule has 1 heterocycles. The first-order valence-electron chi connectivity index (χ1n) is 6.09. The molecule has 1 aromatic carbocycles. The van der Waals surface area contributed by atoms with Gasteiger partial charge in [-0.05, 0) is 37.6 Å². The van der Waals surface area contributed by atoms with E-state index in [1.54, 1.807) is 0 Å². The maximum atomic E-state index is 11.9.